The van der Waals surface area contributed by atoms with E-state index in [0.717, 1.165) is 17.0 Å². The van der Waals surface area contributed by atoms with Crippen LogP contribution >= 0.6 is 11.8 Å². The highest BCUT2D eigenvalue weighted by molar-refractivity contribution is 8.00. The third-order valence-corrected chi connectivity index (χ3v) is 3.63. The lowest BCUT2D eigenvalue weighted by Gasteiger charge is -2.16. The van der Waals surface area contributed by atoms with Crippen molar-refractivity contribution < 1.29 is 4.79 Å². The fraction of sp³-hybridized carbons (Fsp3) is 0.462. The summed E-state index contributed by atoms with van der Waals surface area (Å²) in [6, 6.07) is 7.82. The second kappa shape index (κ2) is 6.55. The Hall–Kier alpha value is -1.16. The van der Waals surface area contributed by atoms with Crippen molar-refractivity contribution >= 4 is 23.4 Å². The molecule has 0 heterocycles. The summed E-state index contributed by atoms with van der Waals surface area (Å²) in [6.45, 7) is 5.97. The molecule has 0 aliphatic rings. The first-order chi connectivity index (χ1) is 8.02. The van der Waals surface area contributed by atoms with Gasteiger partial charge in [0.05, 0.1) is 5.25 Å². The Morgan fingerprint density at radius 3 is 2.76 bits per heavy atom. The third kappa shape index (κ3) is 4.69. The number of hydrogen-bond donors (Lipinski definition) is 2. The van der Waals surface area contributed by atoms with E-state index in [1.54, 1.807) is 0 Å². The van der Waals surface area contributed by atoms with Gasteiger partial charge >= 0.3 is 0 Å². The average molecular weight is 252 g/mol. The van der Waals surface area contributed by atoms with E-state index in [9.17, 15) is 4.79 Å². The number of amides is 1. The summed E-state index contributed by atoms with van der Waals surface area (Å²) >= 11 is 1.53. The predicted octanol–water partition coefficient (Wildman–Crippen LogP) is 2.66. The fourth-order valence-electron chi connectivity index (χ4n) is 1.31. The van der Waals surface area contributed by atoms with Crippen LogP contribution in [-0.4, -0.2) is 17.2 Å². The van der Waals surface area contributed by atoms with Crippen LogP contribution < -0.4 is 11.1 Å². The molecule has 17 heavy (non-hydrogen) atoms. The van der Waals surface area contributed by atoms with E-state index < -0.39 is 0 Å². The van der Waals surface area contributed by atoms with E-state index in [2.05, 4.69) is 12.2 Å². The van der Waals surface area contributed by atoms with Gasteiger partial charge in [-0.1, -0.05) is 13.0 Å². The van der Waals surface area contributed by atoms with Crippen molar-refractivity contribution in [2.75, 3.05) is 5.73 Å². The molecule has 1 aromatic rings. The minimum atomic E-state index is -0.106. The zero-order valence-electron chi connectivity index (χ0n) is 10.6. The lowest BCUT2D eigenvalue weighted by molar-refractivity contribution is -0.120. The number of nitrogens with two attached hydrogens (primary N) is 1. The first-order valence-electron chi connectivity index (χ1n) is 5.85. The number of hydrogen-bond acceptors (Lipinski definition) is 3. The number of nitrogens with one attached hydrogen (secondary N) is 1. The zero-order chi connectivity index (χ0) is 12.8. The van der Waals surface area contributed by atoms with Crippen LogP contribution in [0.1, 0.15) is 27.2 Å². The summed E-state index contributed by atoms with van der Waals surface area (Å²) in [7, 11) is 0. The minimum Gasteiger partial charge on any atom is -0.399 e. The Labute approximate surface area is 107 Å². The number of nitrogen functional groups attached to an aromatic ring is 1. The number of anilines is 1. The lowest BCUT2D eigenvalue weighted by atomic mass is 10.2. The van der Waals surface area contributed by atoms with E-state index in [-0.39, 0.29) is 17.2 Å². The van der Waals surface area contributed by atoms with Gasteiger partial charge in [-0.25, -0.2) is 0 Å². The molecular formula is C13H20N2OS. The van der Waals surface area contributed by atoms with Gasteiger partial charge in [0.15, 0.2) is 0 Å². The van der Waals surface area contributed by atoms with Gasteiger partial charge in [0.25, 0.3) is 0 Å². The third-order valence-electron chi connectivity index (χ3n) is 2.54. The number of carbonyl (C=O) groups excluding carboxylic acids is 1. The highest BCUT2D eigenvalue weighted by atomic mass is 32.2. The van der Waals surface area contributed by atoms with Gasteiger partial charge in [-0.15, -0.1) is 11.8 Å². The Kier molecular flexibility index (Phi) is 5.35. The molecule has 2 atom stereocenters. The predicted molar refractivity (Wildman–Crippen MR) is 74.1 cm³/mol. The largest absolute Gasteiger partial charge is 0.399 e. The molecule has 0 bridgehead atoms. The van der Waals surface area contributed by atoms with Crippen molar-refractivity contribution in [3.8, 4) is 0 Å². The summed E-state index contributed by atoms with van der Waals surface area (Å²) in [5.74, 6) is 0.0757. The van der Waals surface area contributed by atoms with Gasteiger partial charge in [0.1, 0.15) is 0 Å². The first-order valence-corrected chi connectivity index (χ1v) is 6.73. The standard InChI is InChI=1S/C13H20N2OS/c1-4-9(2)15-13(16)10(3)17-12-7-5-6-11(14)8-12/h5-10H,4,14H2,1-3H3,(H,15,16). The van der Waals surface area contributed by atoms with E-state index in [4.69, 9.17) is 5.73 Å². The molecular weight excluding hydrogens is 232 g/mol. The first kappa shape index (κ1) is 13.9. The maximum atomic E-state index is 11.8. The molecule has 0 aliphatic heterocycles. The average Bonchev–Trinajstić information content (AvgIpc) is 2.28. The van der Waals surface area contributed by atoms with E-state index >= 15 is 0 Å². The summed E-state index contributed by atoms with van der Waals surface area (Å²) in [4.78, 5) is 12.9. The highest BCUT2D eigenvalue weighted by Gasteiger charge is 2.15. The van der Waals surface area contributed by atoms with E-state index in [0.29, 0.717) is 0 Å². The van der Waals surface area contributed by atoms with Crippen molar-refractivity contribution in [2.24, 2.45) is 0 Å². The molecule has 3 nitrogen and oxygen atoms in total. The van der Waals surface area contributed by atoms with Crippen molar-refractivity contribution in [2.45, 2.75) is 43.4 Å². The zero-order valence-corrected chi connectivity index (χ0v) is 11.4. The normalized spacial score (nSPS) is 14.1. The van der Waals surface area contributed by atoms with Crippen LogP contribution in [0.4, 0.5) is 5.69 Å². The molecule has 0 aromatic heterocycles. The Bertz CT molecular complexity index is 381. The molecule has 0 saturated heterocycles. The van der Waals surface area contributed by atoms with Crippen LogP contribution in [0, 0.1) is 0 Å². The summed E-state index contributed by atoms with van der Waals surface area (Å²) in [5, 5.41) is 2.87. The maximum absolute atomic E-state index is 11.8. The molecule has 0 spiro atoms. The number of carbonyl (C=O) groups is 1. The van der Waals surface area contributed by atoms with Gasteiger partial charge in [-0.2, -0.15) is 0 Å². The van der Waals surface area contributed by atoms with Gasteiger partial charge in [-0.3, -0.25) is 4.79 Å². The SMILES string of the molecule is CCC(C)NC(=O)C(C)Sc1cccc(N)c1. The molecule has 1 amide bonds. The molecule has 94 valence electrons. The molecule has 0 radical (unpaired) electrons. The van der Waals surface area contributed by atoms with Crippen molar-refractivity contribution in [1.82, 2.24) is 5.32 Å². The van der Waals surface area contributed by atoms with Crippen LogP contribution in [0.3, 0.4) is 0 Å². The Morgan fingerprint density at radius 1 is 1.47 bits per heavy atom. The van der Waals surface area contributed by atoms with Crippen LogP contribution in [0.5, 0.6) is 0 Å². The van der Waals surface area contributed by atoms with Gasteiger partial charge in [0, 0.05) is 16.6 Å². The molecule has 0 saturated carbocycles. The molecule has 1 rings (SSSR count). The summed E-state index contributed by atoms with van der Waals surface area (Å²) in [6.07, 6.45) is 0.946. The van der Waals surface area contributed by atoms with E-state index in [1.807, 2.05) is 38.1 Å². The topological polar surface area (TPSA) is 55.1 Å². The van der Waals surface area contributed by atoms with Crippen LogP contribution in [0.2, 0.25) is 0 Å². The van der Waals surface area contributed by atoms with Crippen molar-refractivity contribution in [1.29, 1.82) is 0 Å². The molecule has 3 N–H and O–H groups in total. The van der Waals surface area contributed by atoms with Crippen molar-refractivity contribution in [3.63, 3.8) is 0 Å². The van der Waals surface area contributed by atoms with Gasteiger partial charge < -0.3 is 11.1 Å². The molecule has 0 aliphatic carbocycles. The van der Waals surface area contributed by atoms with Gasteiger partial charge in [0.2, 0.25) is 5.91 Å². The van der Waals surface area contributed by atoms with Gasteiger partial charge in [-0.05, 0) is 38.5 Å². The van der Waals surface area contributed by atoms with Crippen LogP contribution in [0.25, 0.3) is 0 Å². The van der Waals surface area contributed by atoms with E-state index in [1.165, 1.54) is 11.8 Å². The lowest BCUT2D eigenvalue weighted by Crippen LogP contribution is -2.37. The van der Waals surface area contributed by atoms with Crippen LogP contribution in [0.15, 0.2) is 29.2 Å². The number of rotatable bonds is 5. The second-order valence-electron chi connectivity index (χ2n) is 4.15. The smallest absolute Gasteiger partial charge is 0.233 e. The van der Waals surface area contributed by atoms with Crippen molar-refractivity contribution in [3.05, 3.63) is 24.3 Å². The van der Waals surface area contributed by atoms with Crippen LogP contribution in [-0.2, 0) is 4.79 Å². The summed E-state index contributed by atoms with van der Waals surface area (Å²) < 4.78 is 0. The summed E-state index contributed by atoms with van der Waals surface area (Å²) in [5.41, 5.74) is 6.43. The molecule has 0 fully saturated rings. The number of benzene rings is 1. The molecule has 4 heteroatoms. The minimum absolute atomic E-state index is 0.0757. The Balaban J connectivity index is 2.54. The maximum Gasteiger partial charge on any atom is 0.233 e. The monoisotopic (exact) mass is 252 g/mol. The highest BCUT2D eigenvalue weighted by Crippen LogP contribution is 2.24. The quantitative estimate of drug-likeness (QED) is 0.625. The Morgan fingerprint density at radius 2 is 2.18 bits per heavy atom. The second-order valence-corrected chi connectivity index (χ2v) is 5.56. The fourth-order valence-corrected chi connectivity index (χ4v) is 2.25. The molecule has 1 aromatic carbocycles. The molecule has 2 unspecified atom stereocenters. The number of thioether (sulfide) groups is 1.